The number of aromatic hydroxyl groups is 1. The van der Waals surface area contributed by atoms with Gasteiger partial charge in [-0.1, -0.05) is 11.6 Å². The van der Waals surface area contributed by atoms with Gasteiger partial charge < -0.3 is 10.8 Å². The van der Waals surface area contributed by atoms with Crippen molar-refractivity contribution in [3.63, 3.8) is 0 Å². The highest BCUT2D eigenvalue weighted by Gasteiger charge is 2.12. The van der Waals surface area contributed by atoms with Crippen LogP contribution in [-0.2, 0) is 0 Å². The van der Waals surface area contributed by atoms with Crippen LogP contribution < -0.4 is 5.73 Å². The Kier molecular flexibility index (Phi) is 2.25. The molecule has 0 spiro atoms. The summed E-state index contributed by atoms with van der Waals surface area (Å²) in [6.07, 6.45) is 0. The molecule has 0 aliphatic heterocycles. The van der Waals surface area contributed by atoms with E-state index in [9.17, 15) is 4.39 Å². The SMILES string of the molecule is Nc1cc(Cl)c(F)c(Br)c1O. The summed E-state index contributed by atoms with van der Waals surface area (Å²) in [5, 5.41) is 8.92. The minimum Gasteiger partial charge on any atom is -0.505 e. The van der Waals surface area contributed by atoms with Crippen molar-refractivity contribution in [2.24, 2.45) is 0 Å². The minimum absolute atomic E-state index is 0.0447. The topological polar surface area (TPSA) is 46.2 Å². The molecule has 60 valence electrons. The summed E-state index contributed by atoms with van der Waals surface area (Å²) < 4.78 is 12.7. The molecule has 3 N–H and O–H groups in total. The van der Waals surface area contributed by atoms with Gasteiger partial charge in [-0.15, -0.1) is 0 Å². The molecule has 11 heavy (non-hydrogen) atoms. The zero-order chi connectivity index (χ0) is 8.59. The lowest BCUT2D eigenvalue weighted by Crippen LogP contribution is -1.89. The Morgan fingerprint density at radius 2 is 2.18 bits per heavy atom. The third-order valence-electron chi connectivity index (χ3n) is 1.17. The molecule has 0 heterocycles. The van der Waals surface area contributed by atoms with Gasteiger partial charge in [-0.05, 0) is 22.0 Å². The first-order valence-corrected chi connectivity index (χ1v) is 3.83. The second-order valence-electron chi connectivity index (χ2n) is 1.92. The molecule has 0 unspecified atom stereocenters. The lowest BCUT2D eigenvalue weighted by atomic mass is 10.3. The predicted molar refractivity (Wildman–Crippen MR) is 45.2 cm³/mol. The van der Waals surface area contributed by atoms with Crippen molar-refractivity contribution >= 4 is 33.2 Å². The van der Waals surface area contributed by atoms with Crippen LogP contribution in [0.5, 0.6) is 5.75 Å². The molecular weight excluding hydrogens is 236 g/mol. The highest BCUT2D eigenvalue weighted by molar-refractivity contribution is 9.10. The molecular formula is C6H4BrClFNO. The molecule has 1 aromatic carbocycles. The van der Waals surface area contributed by atoms with Crippen LogP contribution in [0.4, 0.5) is 10.1 Å². The fourth-order valence-electron chi connectivity index (χ4n) is 0.604. The lowest BCUT2D eigenvalue weighted by Gasteiger charge is -2.03. The van der Waals surface area contributed by atoms with Gasteiger partial charge in [-0.25, -0.2) is 4.39 Å². The summed E-state index contributed by atoms with van der Waals surface area (Å²) in [6.45, 7) is 0. The average Bonchev–Trinajstić information content (AvgIpc) is 1.97. The standard InChI is InChI=1S/C6H4BrClFNO/c7-4-5(9)2(8)1-3(10)6(4)11/h1,11H,10H2. The minimum atomic E-state index is -0.710. The van der Waals surface area contributed by atoms with E-state index in [1.165, 1.54) is 0 Å². The Bertz CT molecular complexity index is 279. The Hall–Kier alpha value is -0.480. The number of hydrogen-bond donors (Lipinski definition) is 2. The number of halogens is 3. The van der Waals surface area contributed by atoms with E-state index in [0.29, 0.717) is 0 Å². The van der Waals surface area contributed by atoms with Crippen LogP contribution in [0.3, 0.4) is 0 Å². The van der Waals surface area contributed by atoms with Crippen LogP contribution in [0.1, 0.15) is 0 Å². The summed E-state index contributed by atoms with van der Waals surface area (Å²) in [7, 11) is 0. The van der Waals surface area contributed by atoms with Crippen molar-refractivity contribution in [2.75, 3.05) is 5.73 Å². The molecule has 0 bridgehead atoms. The Balaban J connectivity index is 3.46. The molecule has 1 rings (SSSR count). The predicted octanol–water partition coefficient (Wildman–Crippen LogP) is 2.53. The molecule has 0 aliphatic rings. The van der Waals surface area contributed by atoms with E-state index in [1.807, 2.05) is 0 Å². The summed E-state index contributed by atoms with van der Waals surface area (Å²) >= 11 is 8.19. The number of nitrogens with two attached hydrogens (primary N) is 1. The summed E-state index contributed by atoms with van der Waals surface area (Å²) in [4.78, 5) is 0. The average molecular weight is 240 g/mol. The van der Waals surface area contributed by atoms with Crippen molar-refractivity contribution in [2.45, 2.75) is 0 Å². The molecule has 0 radical (unpaired) electrons. The van der Waals surface area contributed by atoms with Crippen LogP contribution in [-0.4, -0.2) is 5.11 Å². The van der Waals surface area contributed by atoms with Crippen molar-refractivity contribution in [3.05, 3.63) is 21.4 Å². The Morgan fingerprint density at radius 1 is 1.64 bits per heavy atom. The molecule has 0 atom stereocenters. The fraction of sp³-hybridized carbons (Fsp3) is 0. The van der Waals surface area contributed by atoms with Gasteiger partial charge in [-0.3, -0.25) is 0 Å². The van der Waals surface area contributed by atoms with Gasteiger partial charge in [0.2, 0.25) is 0 Å². The zero-order valence-electron chi connectivity index (χ0n) is 5.24. The summed E-state index contributed by atoms with van der Waals surface area (Å²) in [5.74, 6) is -1.04. The monoisotopic (exact) mass is 239 g/mol. The molecule has 0 aromatic heterocycles. The van der Waals surface area contributed by atoms with Gasteiger partial charge in [0.25, 0.3) is 0 Å². The maximum atomic E-state index is 12.8. The third kappa shape index (κ3) is 1.41. The van der Waals surface area contributed by atoms with Gasteiger partial charge in [-0.2, -0.15) is 0 Å². The van der Waals surface area contributed by atoms with E-state index in [4.69, 9.17) is 22.4 Å². The zero-order valence-corrected chi connectivity index (χ0v) is 7.58. The highest BCUT2D eigenvalue weighted by Crippen LogP contribution is 2.36. The maximum Gasteiger partial charge on any atom is 0.159 e. The number of nitrogen functional groups attached to an aromatic ring is 1. The smallest absolute Gasteiger partial charge is 0.159 e. The molecule has 0 fully saturated rings. The second-order valence-corrected chi connectivity index (χ2v) is 3.12. The Morgan fingerprint density at radius 3 is 2.73 bits per heavy atom. The van der Waals surface area contributed by atoms with Gasteiger partial charge >= 0.3 is 0 Å². The first-order chi connectivity index (χ1) is 5.04. The Labute approximate surface area is 75.9 Å². The summed E-state index contributed by atoms with van der Waals surface area (Å²) in [5.41, 5.74) is 5.30. The van der Waals surface area contributed by atoms with Crippen molar-refractivity contribution in [1.29, 1.82) is 0 Å². The number of benzene rings is 1. The van der Waals surface area contributed by atoms with Crippen molar-refractivity contribution < 1.29 is 9.50 Å². The quantitative estimate of drug-likeness (QED) is 0.416. The number of hydrogen-bond acceptors (Lipinski definition) is 2. The lowest BCUT2D eigenvalue weighted by molar-refractivity contribution is 0.467. The first kappa shape index (κ1) is 8.62. The molecule has 1 aromatic rings. The number of phenolic OH excluding ortho intramolecular Hbond substituents is 1. The maximum absolute atomic E-state index is 12.8. The highest BCUT2D eigenvalue weighted by atomic mass is 79.9. The molecule has 0 saturated carbocycles. The van der Waals surface area contributed by atoms with Crippen LogP contribution in [0.25, 0.3) is 0 Å². The number of anilines is 1. The van der Waals surface area contributed by atoms with Crippen molar-refractivity contribution in [1.82, 2.24) is 0 Å². The number of rotatable bonds is 0. The van der Waals surface area contributed by atoms with Crippen LogP contribution in [0, 0.1) is 5.82 Å². The van der Waals surface area contributed by atoms with Crippen molar-refractivity contribution in [3.8, 4) is 5.75 Å². The van der Waals surface area contributed by atoms with Gasteiger partial charge in [0.05, 0.1) is 15.2 Å². The van der Waals surface area contributed by atoms with Gasteiger partial charge in [0, 0.05) is 0 Å². The molecule has 0 aliphatic carbocycles. The van der Waals surface area contributed by atoms with E-state index in [0.717, 1.165) is 6.07 Å². The van der Waals surface area contributed by atoms with E-state index in [1.54, 1.807) is 0 Å². The van der Waals surface area contributed by atoms with E-state index in [-0.39, 0.29) is 20.9 Å². The molecule has 0 saturated heterocycles. The van der Waals surface area contributed by atoms with Crippen LogP contribution >= 0.6 is 27.5 Å². The largest absolute Gasteiger partial charge is 0.505 e. The molecule has 5 heteroatoms. The summed E-state index contributed by atoms with van der Waals surface area (Å²) in [6, 6.07) is 1.15. The van der Waals surface area contributed by atoms with Gasteiger partial charge in [0.1, 0.15) is 0 Å². The second kappa shape index (κ2) is 2.87. The normalized spacial score (nSPS) is 10.1. The third-order valence-corrected chi connectivity index (χ3v) is 2.16. The first-order valence-electron chi connectivity index (χ1n) is 2.66. The number of phenols is 1. The van der Waals surface area contributed by atoms with Crippen LogP contribution in [0.2, 0.25) is 5.02 Å². The van der Waals surface area contributed by atoms with Gasteiger partial charge in [0.15, 0.2) is 11.6 Å². The molecule has 2 nitrogen and oxygen atoms in total. The van der Waals surface area contributed by atoms with E-state index in [2.05, 4.69) is 15.9 Å². The van der Waals surface area contributed by atoms with Crippen LogP contribution in [0.15, 0.2) is 10.5 Å². The fourth-order valence-corrected chi connectivity index (χ4v) is 1.37. The van der Waals surface area contributed by atoms with E-state index < -0.39 is 5.82 Å². The van der Waals surface area contributed by atoms with E-state index >= 15 is 0 Å². The molecule has 0 amide bonds.